The first-order valence-corrected chi connectivity index (χ1v) is 4.50. The first-order chi connectivity index (χ1) is 5.20. The third-order valence-electron chi connectivity index (χ3n) is 0. The van der Waals surface area contributed by atoms with Gasteiger partial charge in [-0.25, -0.2) is 0 Å². The van der Waals surface area contributed by atoms with E-state index in [4.69, 9.17) is 39.9 Å². The zero-order valence-electron chi connectivity index (χ0n) is 6.98. The van der Waals surface area contributed by atoms with Crippen molar-refractivity contribution in [1.29, 1.82) is 0 Å². The van der Waals surface area contributed by atoms with E-state index in [0.29, 0.717) is 0 Å². The van der Waals surface area contributed by atoms with Gasteiger partial charge in [0, 0.05) is 0 Å². The van der Waals surface area contributed by atoms with E-state index in [2.05, 4.69) is 0 Å². The molecule has 0 aliphatic heterocycles. The van der Waals surface area contributed by atoms with Gasteiger partial charge in [0.1, 0.15) is 0 Å². The topological polar surface area (TPSA) is 260 Å². The molecule has 0 rings (SSSR count). The van der Waals surface area contributed by atoms with Gasteiger partial charge in [0.25, 0.3) is 0 Å². The van der Waals surface area contributed by atoms with Gasteiger partial charge in [-0.2, -0.15) is 0 Å². The molecule has 6 N–H and O–H groups in total. The van der Waals surface area contributed by atoms with Crippen molar-refractivity contribution in [2.75, 3.05) is 0 Å². The van der Waals surface area contributed by atoms with E-state index in [9.17, 15) is 0 Å². The van der Waals surface area contributed by atoms with Crippen LogP contribution in [0.1, 0.15) is 0 Å². The molecule has 0 amide bonds. The van der Waals surface area contributed by atoms with Crippen LogP contribution in [-0.2, 0) is 73.0 Å². The summed E-state index contributed by atoms with van der Waals surface area (Å²) in [6, 6.07) is 0. The van der Waals surface area contributed by atoms with Gasteiger partial charge in [0.05, 0.1) is 0 Å². The molecule has 0 saturated carbocycles. The Morgan fingerprint density at radius 3 is 0.500 bits per heavy atom. The molecule has 16 heavy (non-hydrogen) atoms. The van der Waals surface area contributed by atoms with E-state index in [1.165, 1.54) is 0 Å². The van der Waals surface area contributed by atoms with Crippen molar-refractivity contribution in [1.82, 2.24) is 12.3 Å². The van der Waals surface area contributed by atoms with Crippen LogP contribution < -0.4 is 12.3 Å². The number of hydrogen-bond donors (Lipinski definition) is 2. The van der Waals surface area contributed by atoms with Gasteiger partial charge in [-0.05, 0) is 0 Å². The Morgan fingerprint density at radius 2 is 0.500 bits per heavy atom. The third-order valence-corrected chi connectivity index (χ3v) is 0. The van der Waals surface area contributed by atoms with Crippen LogP contribution in [0.3, 0.4) is 0 Å². The van der Waals surface area contributed by atoms with Crippen molar-refractivity contribution in [3.05, 3.63) is 0 Å². The molecule has 16 heteroatoms. The third kappa shape index (κ3) is 1680. The van der Waals surface area contributed by atoms with Crippen LogP contribution in [0.5, 0.6) is 0 Å². The predicted molar refractivity (Wildman–Crippen MR) is 39.1 cm³/mol. The Morgan fingerprint density at radius 1 is 0.500 bits per heavy atom. The Labute approximate surface area is 125 Å². The largest absolute Gasteiger partial charge is 3.00 e. The van der Waals surface area contributed by atoms with Crippen LogP contribution >= 0.6 is 0 Å². The second kappa shape index (κ2) is 36.0. The summed E-state index contributed by atoms with van der Waals surface area (Å²) in [6.45, 7) is 0. The summed E-state index contributed by atoms with van der Waals surface area (Å²) >= 11 is -9.33. The Balaban J connectivity index is -0.0000000135. The fourth-order valence-corrected chi connectivity index (χ4v) is 0. The van der Waals surface area contributed by atoms with Gasteiger partial charge in [-0.15, -0.1) is 34.1 Å². The summed E-state index contributed by atoms with van der Waals surface area (Å²) in [5.41, 5.74) is 0. The minimum Gasteiger partial charge on any atom is -0.784 e. The molecule has 0 bridgehead atoms. The van der Waals surface area contributed by atoms with Gasteiger partial charge >= 0.3 is 39.0 Å². The summed E-state index contributed by atoms with van der Waals surface area (Å²) in [4.78, 5) is 0. The smallest absolute Gasteiger partial charge is 0.784 e. The van der Waals surface area contributed by atoms with Gasteiger partial charge in [0.2, 0.25) is 0 Å². The van der Waals surface area contributed by atoms with Gasteiger partial charge in [0.15, 0.2) is 0 Å². The maximum atomic E-state index is 8.44. The van der Waals surface area contributed by atoms with Crippen LogP contribution in [0, 0.1) is 0 Å². The first-order valence-electron chi connectivity index (χ1n) is 1.50. The second-order valence-electron chi connectivity index (χ2n) is 0.612. The van der Waals surface area contributed by atoms with E-state index in [0.717, 1.165) is 0 Å². The monoisotopic (exact) mass is 480 g/mol. The second-order valence-corrected chi connectivity index (χ2v) is 1.84. The van der Waals surface area contributed by atoms with Crippen LogP contribution in [0.2, 0.25) is 0 Å². The molecule has 0 aliphatic rings. The number of hydrogen-bond acceptors (Lipinski definition) is 11. The fraction of sp³-hybridized carbons (Fsp3) is 0. The molecule has 0 aromatic carbocycles. The summed E-state index contributed by atoms with van der Waals surface area (Å²) in [5.74, 6) is 0. The summed E-state index contributed by atoms with van der Waals surface area (Å²) in [6.07, 6.45) is 0. The normalized spacial score (nSPS) is 6.56. The van der Waals surface area contributed by atoms with Crippen LogP contribution in [0.15, 0.2) is 0 Å². The molecule has 0 fully saturated rings. The van der Waals surface area contributed by atoms with Gasteiger partial charge < -0.3 is 39.6 Å². The Kier molecular flexibility index (Phi) is 97.3. The summed E-state index contributed by atoms with van der Waals surface area (Å²) < 4.78 is 76.0. The SMILES string of the molecule is N.N.O=S([O-])[O-].O=S([O-])[O-].O=S([O-])[O-].[Rh+3].[Rh+3]. The van der Waals surface area contributed by atoms with E-state index in [1.807, 2.05) is 0 Å². The summed E-state index contributed by atoms with van der Waals surface area (Å²) in [7, 11) is 0. The molecule has 0 aliphatic carbocycles. The maximum absolute atomic E-state index is 8.44. The standard InChI is InChI=1S/2H3N.3H2O3S.2Rh/c;;3*1-4(2)3;;/h2*1H3;3*(H2,1,2,3);;/q;;;;;2*+3/p-6. The van der Waals surface area contributed by atoms with E-state index < -0.39 is 34.1 Å². The minimum absolute atomic E-state index is 0. The molecular weight excluding hydrogens is 474 g/mol. The molecule has 0 aromatic heterocycles. The van der Waals surface area contributed by atoms with Crippen molar-refractivity contribution in [2.45, 2.75) is 0 Å². The van der Waals surface area contributed by atoms with Crippen molar-refractivity contribution < 1.29 is 78.9 Å². The van der Waals surface area contributed by atoms with E-state index in [-0.39, 0.29) is 51.3 Å². The molecule has 11 nitrogen and oxygen atoms in total. The molecule has 0 saturated heterocycles. The average molecular weight is 480 g/mol. The zero-order valence-corrected chi connectivity index (χ0v) is 12.7. The van der Waals surface area contributed by atoms with Crippen molar-refractivity contribution in [3.8, 4) is 0 Å². The Bertz CT molecular complexity index is 124. The Hall–Kier alpha value is 1.38. The molecular formula is H6N2O9Rh2S3. The van der Waals surface area contributed by atoms with Gasteiger partial charge in [-0.3, -0.25) is 12.6 Å². The molecule has 0 unspecified atom stereocenters. The van der Waals surface area contributed by atoms with Crippen LogP contribution in [0.4, 0.5) is 0 Å². The van der Waals surface area contributed by atoms with Crippen LogP contribution in [0.25, 0.3) is 0 Å². The van der Waals surface area contributed by atoms with E-state index >= 15 is 0 Å². The summed E-state index contributed by atoms with van der Waals surface area (Å²) in [5, 5.41) is 0. The van der Waals surface area contributed by atoms with Gasteiger partial charge in [-0.1, -0.05) is 0 Å². The molecule has 106 valence electrons. The quantitative estimate of drug-likeness (QED) is 0.266. The molecule has 0 heterocycles. The van der Waals surface area contributed by atoms with E-state index in [1.54, 1.807) is 0 Å². The fourth-order valence-electron chi connectivity index (χ4n) is 0. The van der Waals surface area contributed by atoms with Crippen LogP contribution in [-0.4, -0.2) is 39.9 Å². The maximum Gasteiger partial charge on any atom is 3.00 e. The average Bonchev–Trinajstić information content (AvgIpc) is 1.54. The van der Waals surface area contributed by atoms with Crippen molar-refractivity contribution >= 4 is 34.1 Å². The molecule has 0 aromatic rings. The predicted octanol–water partition coefficient (Wildman–Crippen LogP) is -2.69. The minimum atomic E-state index is -3.11. The van der Waals surface area contributed by atoms with Crippen molar-refractivity contribution in [2.24, 2.45) is 0 Å². The number of rotatable bonds is 0. The zero-order chi connectivity index (χ0) is 10.7. The molecule has 0 spiro atoms. The van der Waals surface area contributed by atoms with Crippen molar-refractivity contribution in [3.63, 3.8) is 0 Å². The molecule has 0 atom stereocenters. The molecule has 0 radical (unpaired) electrons. The first kappa shape index (κ1) is 43.3.